The Hall–Kier alpha value is -1.56. The number of ketones is 1. The highest BCUT2D eigenvalue weighted by molar-refractivity contribution is 5.99. The Bertz CT molecular complexity index is 387. The maximum atomic E-state index is 12.2. The second-order valence-corrected chi connectivity index (χ2v) is 2.86. The first-order valence-corrected chi connectivity index (χ1v) is 3.99. The second-order valence-electron chi connectivity index (χ2n) is 2.86. The second kappa shape index (κ2) is 3.90. The van der Waals surface area contributed by atoms with Crippen LogP contribution in [0.15, 0.2) is 18.2 Å². The zero-order chi connectivity index (χ0) is 11.6. The molecule has 0 aliphatic carbocycles. The third-order valence-electron chi connectivity index (χ3n) is 1.81. The van der Waals surface area contributed by atoms with E-state index in [1.54, 1.807) is 0 Å². The topological polar surface area (TPSA) is 63.3 Å². The number of halogens is 3. The number of rotatable bonds is 2. The summed E-state index contributed by atoms with van der Waals surface area (Å²) in [5.74, 6) is -1.32. The van der Waals surface area contributed by atoms with Crippen molar-refractivity contribution in [1.82, 2.24) is 0 Å². The van der Waals surface area contributed by atoms with E-state index in [0.717, 1.165) is 12.1 Å². The lowest BCUT2D eigenvalue weighted by molar-refractivity contribution is -0.137. The minimum atomic E-state index is -4.54. The Morgan fingerprint density at radius 3 is 2.40 bits per heavy atom. The fraction of sp³-hybridized carbons (Fsp3) is 0.222. The van der Waals surface area contributed by atoms with E-state index in [1.807, 2.05) is 0 Å². The van der Waals surface area contributed by atoms with E-state index in [-0.39, 0.29) is 12.1 Å². The van der Waals surface area contributed by atoms with Gasteiger partial charge in [0.15, 0.2) is 5.78 Å². The number of alkyl halides is 3. The Labute approximate surface area is 83.3 Å². The molecule has 0 bridgehead atoms. The molecule has 0 radical (unpaired) electrons. The van der Waals surface area contributed by atoms with Crippen LogP contribution in [-0.4, -0.2) is 17.4 Å². The van der Waals surface area contributed by atoms with Gasteiger partial charge in [0.05, 0.1) is 17.7 Å². The molecular formula is C9H8F3NO2. The van der Waals surface area contributed by atoms with Crippen LogP contribution in [-0.2, 0) is 6.18 Å². The number of carbonyl (C=O) groups is 1. The molecule has 0 heterocycles. The third kappa shape index (κ3) is 2.47. The Morgan fingerprint density at radius 2 is 2.00 bits per heavy atom. The molecule has 3 nitrogen and oxygen atoms in total. The molecule has 6 heteroatoms. The molecular weight excluding hydrogens is 211 g/mol. The zero-order valence-corrected chi connectivity index (χ0v) is 7.51. The summed E-state index contributed by atoms with van der Waals surface area (Å²) in [7, 11) is 0. The van der Waals surface area contributed by atoms with Crippen LogP contribution < -0.4 is 5.73 Å². The molecule has 1 aromatic carbocycles. The summed E-state index contributed by atoms with van der Waals surface area (Å²) in [5, 5.41) is 9.18. The van der Waals surface area contributed by atoms with Crippen molar-refractivity contribution in [3.8, 4) is 5.75 Å². The van der Waals surface area contributed by atoms with E-state index in [4.69, 9.17) is 5.73 Å². The summed E-state index contributed by atoms with van der Waals surface area (Å²) in [5.41, 5.74) is 3.80. The Balaban J connectivity index is 3.15. The van der Waals surface area contributed by atoms with E-state index in [2.05, 4.69) is 0 Å². The average Bonchev–Trinajstić information content (AvgIpc) is 2.15. The molecule has 15 heavy (non-hydrogen) atoms. The molecule has 1 rings (SSSR count). The van der Waals surface area contributed by atoms with Crippen molar-refractivity contribution in [3.63, 3.8) is 0 Å². The lowest BCUT2D eigenvalue weighted by Gasteiger charge is -2.08. The molecule has 0 atom stereocenters. The van der Waals surface area contributed by atoms with Gasteiger partial charge in [0, 0.05) is 0 Å². The van der Waals surface area contributed by atoms with Gasteiger partial charge in [0.2, 0.25) is 0 Å². The molecule has 0 saturated heterocycles. The largest absolute Gasteiger partial charge is 0.507 e. The van der Waals surface area contributed by atoms with Gasteiger partial charge in [0.1, 0.15) is 5.75 Å². The lowest BCUT2D eigenvalue weighted by Crippen LogP contribution is -2.14. The summed E-state index contributed by atoms with van der Waals surface area (Å²) >= 11 is 0. The smallest absolute Gasteiger partial charge is 0.416 e. The summed E-state index contributed by atoms with van der Waals surface area (Å²) < 4.78 is 36.5. The number of carbonyl (C=O) groups excluding carboxylic acids is 1. The van der Waals surface area contributed by atoms with Crippen molar-refractivity contribution in [2.24, 2.45) is 5.73 Å². The average molecular weight is 219 g/mol. The van der Waals surface area contributed by atoms with Gasteiger partial charge in [-0.15, -0.1) is 0 Å². The predicted octanol–water partition coefficient (Wildman–Crippen LogP) is 1.55. The first-order chi connectivity index (χ1) is 6.86. The number of aromatic hydroxyl groups is 1. The number of hydrogen-bond donors (Lipinski definition) is 2. The Morgan fingerprint density at radius 1 is 1.40 bits per heavy atom. The van der Waals surface area contributed by atoms with Crippen LogP contribution in [0.3, 0.4) is 0 Å². The quantitative estimate of drug-likeness (QED) is 0.742. The highest BCUT2D eigenvalue weighted by Crippen LogP contribution is 2.32. The molecule has 3 N–H and O–H groups in total. The highest BCUT2D eigenvalue weighted by atomic mass is 19.4. The summed E-state index contributed by atoms with van der Waals surface area (Å²) in [4.78, 5) is 11.0. The van der Waals surface area contributed by atoms with Gasteiger partial charge in [-0.25, -0.2) is 0 Å². The molecule has 82 valence electrons. The van der Waals surface area contributed by atoms with Crippen molar-refractivity contribution < 1.29 is 23.1 Å². The van der Waals surface area contributed by atoms with Crippen LogP contribution in [0.5, 0.6) is 5.75 Å². The molecule has 0 amide bonds. The third-order valence-corrected chi connectivity index (χ3v) is 1.81. The summed E-state index contributed by atoms with van der Waals surface area (Å²) in [6.45, 7) is -0.362. The van der Waals surface area contributed by atoms with Gasteiger partial charge in [0.25, 0.3) is 0 Å². The number of phenolic OH excluding ortho intramolecular Hbond substituents is 1. The normalized spacial score (nSPS) is 11.5. The monoisotopic (exact) mass is 219 g/mol. The van der Waals surface area contributed by atoms with E-state index < -0.39 is 23.3 Å². The minimum absolute atomic E-state index is 0.203. The molecule has 0 aliphatic rings. The van der Waals surface area contributed by atoms with Gasteiger partial charge < -0.3 is 10.8 Å². The maximum Gasteiger partial charge on any atom is 0.416 e. The van der Waals surface area contributed by atoms with Crippen molar-refractivity contribution >= 4 is 5.78 Å². The SMILES string of the molecule is NCC(=O)c1ccc(C(F)(F)F)cc1O. The standard InChI is InChI=1S/C9H8F3NO2/c10-9(11,12)5-1-2-6(7(14)3-5)8(15)4-13/h1-3,14H,4,13H2. The molecule has 0 aromatic heterocycles. The van der Waals surface area contributed by atoms with Gasteiger partial charge in [-0.2, -0.15) is 13.2 Å². The number of benzene rings is 1. The van der Waals surface area contributed by atoms with Gasteiger partial charge in [-0.05, 0) is 18.2 Å². The minimum Gasteiger partial charge on any atom is -0.507 e. The van der Waals surface area contributed by atoms with Crippen LogP contribution >= 0.6 is 0 Å². The fourth-order valence-corrected chi connectivity index (χ4v) is 1.05. The van der Waals surface area contributed by atoms with Crippen LogP contribution in [0.4, 0.5) is 13.2 Å². The number of phenols is 1. The van der Waals surface area contributed by atoms with E-state index in [0.29, 0.717) is 6.07 Å². The fourth-order valence-electron chi connectivity index (χ4n) is 1.05. The molecule has 1 aromatic rings. The maximum absolute atomic E-state index is 12.2. The van der Waals surface area contributed by atoms with E-state index in [9.17, 15) is 23.1 Å². The number of hydrogen-bond acceptors (Lipinski definition) is 3. The zero-order valence-electron chi connectivity index (χ0n) is 7.51. The molecule has 0 saturated carbocycles. The summed E-state index contributed by atoms with van der Waals surface area (Å²) in [6, 6.07) is 2.14. The van der Waals surface area contributed by atoms with Crippen LogP contribution in [0.1, 0.15) is 15.9 Å². The van der Waals surface area contributed by atoms with E-state index >= 15 is 0 Å². The lowest BCUT2D eigenvalue weighted by atomic mass is 10.1. The van der Waals surface area contributed by atoms with Gasteiger partial charge in [-0.1, -0.05) is 0 Å². The summed E-state index contributed by atoms with van der Waals surface area (Å²) in [6.07, 6.45) is -4.54. The van der Waals surface area contributed by atoms with Gasteiger partial charge in [-0.3, -0.25) is 4.79 Å². The van der Waals surface area contributed by atoms with Crippen LogP contribution in [0.25, 0.3) is 0 Å². The number of nitrogens with two attached hydrogens (primary N) is 1. The van der Waals surface area contributed by atoms with Crippen LogP contribution in [0.2, 0.25) is 0 Å². The molecule has 0 fully saturated rings. The molecule has 0 spiro atoms. The van der Waals surface area contributed by atoms with E-state index in [1.165, 1.54) is 0 Å². The Kier molecular flexibility index (Phi) is 2.99. The highest BCUT2D eigenvalue weighted by Gasteiger charge is 2.31. The molecule has 0 aliphatic heterocycles. The first kappa shape index (κ1) is 11.5. The van der Waals surface area contributed by atoms with Crippen molar-refractivity contribution in [2.75, 3.05) is 6.54 Å². The number of Topliss-reactive ketones (excluding diaryl/α,β-unsaturated/α-hetero) is 1. The van der Waals surface area contributed by atoms with Gasteiger partial charge >= 0.3 is 6.18 Å². The first-order valence-electron chi connectivity index (χ1n) is 3.99. The predicted molar refractivity (Wildman–Crippen MR) is 46.5 cm³/mol. The molecule has 0 unspecified atom stereocenters. The van der Waals surface area contributed by atoms with Crippen molar-refractivity contribution in [2.45, 2.75) is 6.18 Å². The van der Waals surface area contributed by atoms with Crippen molar-refractivity contribution in [1.29, 1.82) is 0 Å². The van der Waals surface area contributed by atoms with Crippen LogP contribution in [0, 0.1) is 0 Å². The van der Waals surface area contributed by atoms with Crippen molar-refractivity contribution in [3.05, 3.63) is 29.3 Å².